The highest BCUT2D eigenvalue weighted by Gasteiger charge is 2.14. The van der Waals surface area contributed by atoms with Gasteiger partial charge in [-0.1, -0.05) is 6.07 Å². The molecule has 2 rings (SSSR count). The van der Waals surface area contributed by atoms with Crippen LogP contribution in [-0.4, -0.2) is 4.21 Å². The van der Waals surface area contributed by atoms with Crippen molar-refractivity contribution >= 4 is 10.8 Å². The van der Waals surface area contributed by atoms with E-state index in [1.54, 1.807) is 6.07 Å². The number of hydrogen-bond donors (Lipinski definition) is 0. The minimum Gasteiger partial charge on any atom is -0.254 e. The second-order valence-electron chi connectivity index (χ2n) is 3.98. The molecule has 20 heavy (non-hydrogen) atoms. The molecule has 0 saturated carbocycles. The molecule has 0 aliphatic rings. The Labute approximate surface area is 115 Å². The normalized spacial score (nSPS) is 11.9. The monoisotopic (exact) mass is 295 g/mol. The maximum atomic E-state index is 13.6. The fraction of sp³-hybridized carbons (Fsp3) is 0.0714. The molecular formula is C14H8F3NOS. The second kappa shape index (κ2) is 5.88. The number of benzene rings is 2. The molecular weight excluding hydrogens is 287 g/mol. The average molecular weight is 295 g/mol. The van der Waals surface area contributed by atoms with E-state index in [4.69, 9.17) is 5.26 Å². The smallest absolute Gasteiger partial charge is 0.139 e. The van der Waals surface area contributed by atoms with Crippen molar-refractivity contribution in [2.45, 2.75) is 10.6 Å². The van der Waals surface area contributed by atoms with E-state index in [0.29, 0.717) is 0 Å². The molecule has 0 bridgehead atoms. The first-order valence-corrected chi connectivity index (χ1v) is 6.85. The molecule has 2 aromatic carbocycles. The Balaban J connectivity index is 2.28. The number of nitrogens with zero attached hydrogens (tertiary/aromatic N) is 1. The van der Waals surface area contributed by atoms with Crippen molar-refractivity contribution in [3.8, 4) is 6.07 Å². The van der Waals surface area contributed by atoms with E-state index in [2.05, 4.69) is 0 Å². The maximum absolute atomic E-state index is 13.6. The van der Waals surface area contributed by atoms with Gasteiger partial charge in [0, 0.05) is 5.56 Å². The van der Waals surface area contributed by atoms with Gasteiger partial charge in [0.05, 0.1) is 33.1 Å². The van der Waals surface area contributed by atoms with Crippen LogP contribution in [0.2, 0.25) is 0 Å². The van der Waals surface area contributed by atoms with Crippen LogP contribution in [0.5, 0.6) is 0 Å². The van der Waals surface area contributed by atoms with E-state index >= 15 is 0 Å². The van der Waals surface area contributed by atoms with E-state index < -0.39 is 28.3 Å². The van der Waals surface area contributed by atoms with Crippen LogP contribution >= 0.6 is 0 Å². The molecule has 0 aliphatic carbocycles. The molecule has 1 atom stereocenters. The lowest BCUT2D eigenvalue weighted by Crippen LogP contribution is -2.02. The van der Waals surface area contributed by atoms with Gasteiger partial charge in [-0.25, -0.2) is 13.2 Å². The Kier molecular flexibility index (Phi) is 4.20. The van der Waals surface area contributed by atoms with Gasteiger partial charge in [0.25, 0.3) is 0 Å². The lowest BCUT2D eigenvalue weighted by atomic mass is 10.1. The van der Waals surface area contributed by atoms with Crippen LogP contribution in [0, 0.1) is 28.8 Å². The molecule has 0 spiro atoms. The van der Waals surface area contributed by atoms with Crippen molar-refractivity contribution in [1.82, 2.24) is 0 Å². The van der Waals surface area contributed by atoms with Gasteiger partial charge in [0.15, 0.2) is 0 Å². The van der Waals surface area contributed by atoms with Gasteiger partial charge < -0.3 is 0 Å². The SMILES string of the molecule is N#Cc1ccc(CS(=O)c2cc(F)ccc2F)c(F)c1. The zero-order valence-corrected chi connectivity index (χ0v) is 10.9. The maximum Gasteiger partial charge on any atom is 0.139 e. The molecule has 0 aliphatic heterocycles. The Morgan fingerprint density at radius 1 is 1.05 bits per heavy atom. The van der Waals surface area contributed by atoms with Crippen molar-refractivity contribution in [3.05, 3.63) is 65.0 Å². The first-order chi connectivity index (χ1) is 9.51. The van der Waals surface area contributed by atoms with Gasteiger partial charge in [0.2, 0.25) is 0 Å². The Hall–Kier alpha value is -2.13. The summed E-state index contributed by atoms with van der Waals surface area (Å²) in [4.78, 5) is -0.311. The zero-order chi connectivity index (χ0) is 14.7. The van der Waals surface area contributed by atoms with Crippen molar-refractivity contribution in [2.75, 3.05) is 0 Å². The fourth-order valence-electron chi connectivity index (χ4n) is 1.60. The Morgan fingerprint density at radius 3 is 2.45 bits per heavy atom. The second-order valence-corrected chi connectivity index (χ2v) is 5.40. The van der Waals surface area contributed by atoms with Crippen LogP contribution < -0.4 is 0 Å². The Bertz CT molecular complexity index is 725. The third-order valence-corrected chi connectivity index (χ3v) is 3.98. The highest BCUT2D eigenvalue weighted by atomic mass is 32.2. The summed E-state index contributed by atoms with van der Waals surface area (Å²) in [6, 6.07) is 8.07. The van der Waals surface area contributed by atoms with Crippen LogP contribution in [0.15, 0.2) is 41.3 Å². The topological polar surface area (TPSA) is 40.9 Å². The standard InChI is InChI=1S/C14H8F3NOS/c15-11-3-4-12(16)14(6-11)20(19)8-10-2-1-9(7-18)5-13(10)17/h1-6H,8H2. The largest absolute Gasteiger partial charge is 0.254 e. The van der Waals surface area contributed by atoms with Crippen LogP contribution in [0.3, 0.4) is 0 Å². The molecule has 2 nitrogen and oxygen atoms in total. The van der Waals surface area contributed by atoms with Gasteiger partial charge in [-0.05, 0) is 30.3 Å². The fourth-order valence-corrected chi connectivity index (χ4v) is 2.81. The molecule has 0 amide bonds. The van der Waals surface area contributed by atoms with E-state index in [1.165, 1.54) is 12.1 Å². The first-order valence-electron chi connectivity index (χ1n) is 5.53. The van der Waals surface area contributed by atoms with Gasteiger partial charge in [-0.15, -0.1) is 0 Å². The van der Waals surface area contributed by atoms with E-state index in [-0.39, 0.29) is 21.8 Å². The molecule has 0 fully saturated rings. The van der Waals surface area contributed by atoms with Crippen molar-refractivity contribution in [3.63, 3.8) is 0 Å². The minimum absolute atomic E-state index is 0.0750. The van der Waals surface area contributed by atoms with Crippen molar-refractivity contribution < 1.29 is 17.4 Å². The van der Waals surface area contributed by atoms with Crippen molar-refractivity contribution in [2.24, 2.45) is 0 Å². The lowest BCUT2D eigenvalue weighted by molar-refractivity contribution is 0.571. The van der Waals surface area contributed by atoms with Gasteiger partial charge in [-0.3, -0.25) is 4.21 Å². The van der Waals surface area contributed by atoms with Crippen molar-refractivity contribution in [1.29, 1.82) is 5.26 Å². The summed E-state index contributed by atoms with van der Waals surface area (Å²) in [6.07, 6.45) is 0. The molecule has 0 N–H and O–H groups in total. The average Bonchev–Trinajstić information content (AvgIpc) is 2.43. The third-order valence-electron chi connectivity index (χ3n) is 2.61. The van der Waals surface area contributed by atoms with E-state index in [1.807, 2.05) is 0 Å². The van der Waals surface area contributed by atoms with Crippen LogP contribution in [0.1, 0.15) is 11.1 Å². The molecule has 102 valence electrons. The molecule has 2 aromatic rings. The predicted molar refractivity (Wildman–Crippen MR) is 67.6 cm³/mol. The lowest BCUT2D eigenvalue weighted by Gasteiger charge is -2.05. The van der Waals surface area contributed by atoms with Gasteiger partial charge in [0.1, 0.15) is 17.5 Å². The van der Waals surface area contributed by atoms with E-state index in [9.17, 15) is 17.4 Å². The molecule has 0 heterocycles. The summed E-state index contributed by atoms with van der Waals surface area (Å²) < 4.78 is 52.1. The van der Waals surface area contributed by atoms with Crippen LogP contribution in [0.4, 0.5) is 13.2 Å². The molecule has 0 radical (unpaired) electrons. The quantitative estimate of drug-likeness (QED) is 0.872. The minimum atomic E-state index is -1.91. The predicted octanol–water partition coefficient (Wildman–Crippen LogP) is 3.28. The third kappa shape index (κ3) is 3.06. The first kappa shape index (κ1) is 14.3. The highest BCUT2D eigenvalue weighted by molar-refractivity contribution is 7.84. The summed E-state index contributed by atoms with van der Waals surface area (Å²) in [5.41, 5.74) is 0.208. The number of nitriles is 1. The highest BCUT2D eigenvalue weighted by Crippen LogP contribution is 2.19. The molecule has 0 aromatic heterocycles. The summed E-state index contributed by atoms with van der Waals surface area (Å²) in [5.74, 6) is -2.51. The van der Waals surface area contributed by atoms with Crippen LogP contribution in [0.25, 0.3) is 0 Å². The summed E-state index contributed by atoms with van der Waals surface area (Å²) in [5, 5.41) is 8.61. The molecule has 0 saturated heterocycles. The molecule has 6 heteroatoms. The van der Waals surface area contributed by atoms with Crippen LogP contribution in [-0.2, 0) is 16.6 Å². The van der Waals surface area contributed by atoms with E-state index in [0.717, 1.165) is 24.3 Å². The zero-order valence-electron chi connectivity index (χ0n) is 10.1. The number of rotatable bonds is 3. The van der Waals surface area contributed by atoms with Gasteiger partial charge >= 0.3 is 0 Å². The van der Waals surface area contributed by atoms with Gasteiger partial charge in [-0.2, -0.15) is 5.26 Å². The number of hydrogen-bond acceptors (Lipinski definition) is 2. The number of halogens is 3. The molecule has 1 unspecified atom stereocenters. The summed E-state index contributed by atoms with van der Waals surface area (Å²) in [7, 11) is -1.91. The summed E-state index contributed by atoms with van der Waals surface area (Å²) >= 11 is 0. The Morgan fingerprint density at radius 2 is 1.80 bits per heavy atom. The summed E-state index contributed by atoms with van der Waals surface area (Å²) in [6.45, 7) is 0.